The number of ketones is 1. The van der Waals surface area contributed by atoms with E-state index in [0.717, 1.165) is 6.42 Å². The summed E-state index contributed by atoms with van der Waals surface area (Å²) in [5, 5.41) is 2.91. The van der Waals surface area contributed by atoms with Gasteiger partial charge in [-0.25, -0.2) is 0 Å². The highest BCUT2D eigenvalue weighted by Crippen LogP contribution is 2.28. The van der Waals surface area contributed by atoms with Crippen molar-refractivity contribution >= 4 is 11.7 Å². The average Bonchev–Trinajstić information content (AvgIpc) is 2.12. The minimum absolute atomic E-state index is 0.0619. The van der Waals surface area contributed by atoms with Crippen LogP contribution in [0, 0.1) is 11.3 Å². The second-order valence-electron chi connectivity index (χ2n) is 5.41. The molecule has 0 aromatic rings. The van der Waals surface area contributed by atoms with Crippen molar-refractivity contribution in [3.63, 3.8) is 0 Å². The van der Waals surface area contributed by atoms with E-state index < -0.39 is 5.41 Å². The molecular weight excluding hydrogens is 202 g/mol. The van der Waals surface area contributed by atoms with E-state index in [1.54, 1.807) is 6.92 Å². The summed E-state index contributed by atoms with van der Waals surface area (Å²) in [5.41, 5.74) is -0.408. The molecule has 0 rings (SSSR count). The minimum atomic E-state index is -0.408. The molecule has 0 fully saturated rings. The Morgan fingerprint density at radius 3 is 2.06 bits per heavy atom. The van der Waals surface area contributed by atoms with E-state index in [1.807, 2.05) is 34.6 Å². The van der Waals surface area contributed by atoms with E-state index in [-0.39, 0.29) is 23.7 Å². The van der Waals surface area contributed by atoms with Crippen LogP contribution >= 0.6 is 0 Å². The largest absolute Gasteiger partial charge is 0.354 e. The van der Waals surface area contributed by atoms with Gasteiger partial charge < -0.3 is 5.32 Å². The number of carbonyl (C=O) groups is 2. The number of amides is 1. The third kappa shape index (κ3) is 4.77. The Kier molecular flexibility index (Phi) is 5.70. The molecule has 0 spiro atoms. The van der Waals surface area contributed by atoms with Gasteiger partial charge in [-0.1, -0.05) is 20.8 Å². The molecule has 0 aliphatic rings. The first-order valence-electron chi connectivity index (χ1n) is 6.02. The molecule has 1 atom stereocenters. The Bertz CT molecular complexity index is 257. The lowest BCUT2D eigenvalue weighted by molar-refractivity contribution is -0.129. The predicted molar refractivity (Wildman–Crippen MR) is 66.1 cm³/mol. The molecule has 0 aromatic carbocycles. The van der Waals surface area contributed by atoms with Crippen LogP contribution in [-0.2, 0) is 9.59 Å². The molecule has 1 amide bonds. The maximum absolute atomic E-state index is 11.9. The Hall–Kier alpha value is -0.860. The summed E-state index contributed by atoms with van der Waals surface area (Å²) >= 11 is 0. The lowest BCUT2D eigenvalue weighted by Gasteiger charge is -2.26. The average molecular weight is 227 g/mol. The third-order valence-electron chi connectivity index (χ3n) is 3.00. The van der Waals surface area contributed by atoms with Crippen LogP contribution in [0.15, 0.2) is 0 Å². The number of hydrogen-bond acceptors (Lipinski definition) is 2. The topological polar surface area (TPSA) is 46.2 Å². The number of Topliss-reactive ketones (excluding diaryl/α,β-unsaturated/α-hetero) is 1. The van der Waals surface area contributed by atoms with Crippen molar-refractivity contribution in [2.75, 3.05) is 0 Å². The summed E-state index contributed by atoms with van der Waals surface area (Å²) in [7, 11) is 0. The highest BCUT2D eigenvalue weighted by molar-refractivity contribution is 5.83. The molecule has 0 aliphatic heterocycles. The summed E-state index contributed by atoms with van der Waals surface area (Å²) in [6.07, 6.45) is 1.40. The van der Waals surface area contributed by atoms with Crippen LogP contribution in [0.5, 0.6) is 0 Å². The molecule has 0 aromatic heterocycles. The van der Waals surface area contributed by atoms with Gasteiger partial charge in [-0.3, -0.25) is 9.59 Å². The van der Waals surface area contributed by atoms with Gasteiger partial charge in [-0.05, 0) is 33.6 Å². The smallest absolute Gasteiger partial charge is 0.223 e. The Labute approximate surface area is 99.0 Å². The van der Waals surface area contributed by atoms with Gasteiger partial charge >= 0.3 is 0 Å². The molecule has 0 saturated heterocycles. The normalized spacial score (nSPS) is 13.7. The van der Waals surface area contributed by atoms with Crippen LogP contribution in [-0.4, -0.2) is 17.7 Å². The highest BCUT2D eigenvalue weighted by Gasteiger charge is 2.30. The Morgan fingerprint density at radius 1 is 1.25 bits per heavy atom. The van der Waals surface area contributed by atoms with E-state index in [4.69, 9.17) is 0 Å². The van der Waals surface area contributed by atoms with Gasteiger partial charge in [-0.2, -0.15) is 0 Å². The van der Waals surface area contributed by atoms with Crippen molar-refractivity contribution in [2.24, 2.45) is 11.3 Å². The second-order valence-corrected chi connectivity index (χ2v) is 5.41. The van der Waals surface area contributed by atoms with Gasteiger partial charge in [0.1, 0.15) is 5.78 Å². The van der Waals surface area contributed by atoms with Crippen LogP contribution in [0.25, 0.3) is 0 Å². The molecule has 0 saturated carbocycles. The van der Waals surface area contributed by atoms with Crippen LogP contribution < -0.4 is 5.32 Å². The maximum Gasteiger partial charge on any atom is 0.223 e. The third-order valence-corrected chi connectivity index (χ3v) is 3.00. The molecule has 0 radical (unpaired) electrons. The second kappa shape index (κ2) is 6.02. The van der Waals surface area contributed by atoms with Crippen LogP contribution in [0.2, 0.25) is 0 Å². The van der Waals surface area contributed by atoms with Crippen molar-refractivity contribution in [3.8, 4) is 0 Å². The first kappa shape index (κ1) is 15.1. The van der Waals surface area contributed by atoms with Crippen molar-refractivity contribution in [2.45, 2.75) is 60.4 Å². The first-order valence-corrected chi connectivity index (χ1v) is 6.02. The predicted octanol–water partition coefficient (Wildman–Crippen LogP) is 2.54. The number of rotatable bonds is 6. The van der Waals surface area contributed by atoms with Gasteiger partial charge in [0.15, 0.2) is 0 Å². The Balaban J connectivity index is 4.52. The maximum atomic E-state index is 11.9. The van der Waals surface area contributed by atoms with E-state index in [1.165, 1.54) is 0 Å². The summed E-state index contributed by atoms with van der Waals surface area (Å²) < 4.78 is 0. The van der Waals surface area contributed by atoms with Gasteiger partial charge in [0.05, 0.1) is 0 Å². The zero-order valence-corrected chi connectivity index (χ0v) is 11.4. The van der Waals surface area contributed by atoms with Crippen molar-refractivity contribution in [3.05, 3.63) is 0 Å². The molecule has 1 N–H and O–H groups in total. The highest BCUT2D eigenvalue weighted by atomic mass is 16.2. The quantitative estimate of drug-likeness (QED) is 0.758. The zero-order valence-electron chi connectivity index (χ0n) is 11.4. The lowest BCUT2D eigenvalue weighted by Crippen LogP contribution is -2.38. The fourth-order valence-electron chi connectivity index (χ4n) is 1.58. The number of nitrogens with one attached hydrogen (secondary N) is 1. The van der Waals surface area contributed by atoms with Gasteiger partial charge in [-0.15, -0.1) is 0 Å². The van der Waals surface area contributed by atoms with Crippen LogP contribution in [0.1, 0.15) is 54.4 Å². The van der Waals surface area contributed by atoms with Gasteiger partial charge in [0, 0.05) is 17.4 Å². The van der Waals surface area contributed by atoms with E-state index in [2.05, 4.69) is 5.32 Å². The number of hydrogen-bond donors (Lipinski definition) is 1. The molecule has 94 valence electrons. The summed E-state index contributed by atoms with van der Waals surface area (Å²) in [5.74, 6) is 0.136. The molecule has 0 heterocycles. The van der Waals surface area contributed by atoms with Crippen molar-refractivity contribution in [1.29, 1.82) is 0 Å². The molecule has 3 nitrogen and oxygen atoms in total. The van der Waals surface area contributed by atoms with E-state index >= 15 is 0 Å². The standard InChI is InChI=1S/C13H25NO2/c1-7-11(12(16)14-9(2)3)8-13(5,6)10(4)15/h9,11H,7-8H2,1-6H3,(H,14,16). The summed E-state index contributed by atoms with van der Waals surface area (Å²) in [4.78, 5) is 23.3. The first-order chi connectivity index (χ1) is 7.20. The SMILES string of the molecule is CCC(CC(C)(C)C(C)=O)C(=O)NC(C)C. The number of carbonyl (C=O) groups excluding carboxylic acids is 2. The molecular formula is C13H25NO2. The van der Waals surface area contributed by atoms with E-state index in [0.29, 0.717) is 6.42 Å². The molecule has 16 heavy (non-hydrogen) atoms. The van der Waals surface area contributed by atoms with Crippen molar-refractivity contribution in [1.82, 2.24) is 5.32 Å². The molecule has 3 heteroatoms. The van der Waals surface area contributed by atoms with Gasteiger partial charge in [0.2, 0.25) is 5.91 Å². The fraction of sp³-hybridized carbons (Fsp3) is 0.846. The minimum Gasteiger partial charge on any atom is -0.354 e. The Morgan fingerprint density at radius 2 is 1.75 bits per heavy atom. The summed E-state index contributed by atoms with van der Waals surface area (Å²) in [6, 6.07) is 0.155. The van der Waals surface area contributed by atoms with Gasteiger partial charge in [0.25, 0.3) is 0 Å². The molecule has 1 unspecified atom stereocenters. The molecule has 0 bridgehead atoms. The zero-order chi connectivity index (χ0) is 12.9. The monoisotopic (exact) mass is 227 g/mol. The summed E-state index contributed by atoms with van der Waals surface area (Å²) in [6.45, 7) is 11.3. The van der Waals surface area contributed by atoms with Crippen LogP contribution in [0.4, 0.5) is 0 Å². The van der Waals surface area contributed by atoms with E-state index in [9.17, 15) is 9.59 Å². The lowest BCUT2D eigenvalue weighted by atomic mass is 9.78. The van der Waals surface area contributed by atoms with Crippen molar-refractivity contribution < 1.29 is 9.59 Å². The fourth-order valence-corrected chi connectivity index (χ4v) is 1.58. The molecule has 0 aliphatic carbocycles. The van der Waals surface area contributed by atoms with Crippen LogP contribution in [0.3, 0.4) is 0 Å².